The molecule has 4 atom stereocenters. The van der Waals surface area contributed by atoms with Gasteiger partial charge in [0.1, 0.15) is 5.58 Å². The van der Waals surface area contributed by atoms with Crippen LogP contribution in [0.4, 0.5) is 39.8 Å². The summed E-state index contributed by atoms with van der Waals surface area (Å²) in [6.45, 7) is 31.8. The lowest BCUT2D eigenvalue weighted by Gasteiger charge is -2.53. The first-order chi connectivity index (χ1) is 38.5. The van der Waals surface area contributed by atoms with Gasteiger partial charge in [0.25, 0.3) is 6.71 Å². The lowest BCUT2D eigenvalue weighted by Crippen LogP contribution is -2.64. The van der Waals surface area contributed by atoms with E-state index < -0.39 is 0 Å². The fourth-order valence-corrected chi connectivity index (χ4v) is 16.9. The second-order valence-electron chi connectivity index (χ2n) is 29.6. The summed E-state index contributed by atoms with van der Waals surface area (Å²) >= 11 is 0. The number of benzene rings is 8. The molecule has 2 aliphatic carbocycles. The Hall–Kier alpha value is -6.98. The first kappa shape index (κ1) is 50.9. The summed E-state index contributed by atoms with van der Waals surface area (Å²) in [5, 5.41) is 2.34. The van der Waals surface area contributed by atoms with Gasteiger partial charge >= 0.3 is 0 Å². The van der Waals surface area contributed by atoms with Crippen LogP contribution < -0.4 is 31.1 Å². The molecule has 0 spiro atoms. The van der Waals surface area contributed by atoms with Gasteiger partial charge in [-0.25, -0.2) is 0 Å². The number of fused-ring (bicyclic) bond motifs is 14. The molecule has 4 unspecified atom stereocenters. The predicted molar refractivity (Wildman–Crippen MR) is 346 cm³/mol. The van der Waals surface area contributed by atoms with E-state index in [9.17, 15) is 0 Å². The van der Waals surface area contributed by atoms with E-state index in [1.807, 2.05) is 0 Å². The molecule has 4 nitrogen and oxygen atoms in total. The van der Waals surface area contributed by atoms with Gasteiger partial charge < -0.3 is 19.1 Å². The number of anilines is 7. The van der Waals surface area contributed by atoms with Crippen LogP contribution in [-0.2, 0) is 27.1 Å². The average Bonchev–Trinajstić information content (AvgIpc) is 4.23. The second-order valence-corrected chi connectivity index (χ2v) is 29.6. The van der Waals surface area contributed by atoms with Gasteiger partial charge in [0.15, 0.2) is 5.58 Å². The van der Waals surface area contributed by atoms with Crippen molar-refractivity contribution in [3.63, 3.8) is 0 Å². The quantitative estimate of drug-likeness (QED) is 0.164. The van der Waals surface area contributed by atoms with Gasteiger partial charge in [-0.1, -0.05) is 205 Å². The van der Waals surface area contributed by atoms with Crippen LogP contribution in [-0.4, -0.2) is 17.8 Å². The van der Waals surface area contributed by atoms with Crippen molar-refractivity contribution in [2.75, 3.05) is 14.7 Å². The Balaban J connectivity index is 1.11. The Morgan fingerprint density at radius 2 is 1.02 bits per heavy atom. The van der Waals surface area contributed by atoms with Crippen LogP contribution in [0.3, 0.4) is 0 Å². The zero-order valence-electron chi connectivity index (χ0n) is 50.4. The topological polar surface area (TPSA) is 22.9 Å². The van der Waals surface area contributed by atoms with E-state index in [2.05, 4.69) is 256 Å². The van der Waals surface area contributed by atoms with Gasteiger partial charge in [-0.15, -0.1) is 0 Å². The minimum atomic E-state index is -0.186. The average molecular weight is 1060 g/mol. The lowest BCUT2D eigenvalue weighted by atomic mass is 9.33. The van der Waals surface area contributed by atoms with Gasteiger partial charge in [-0.3, -0.25) is 0 Å². The molecule has 6 aliphatic rings. The highest BCUT2D eigenvalue weighted by Gasteiger charge is 2.63. The van der Waals surface area contributed by atoms with Gasteiger partial charge in [0, 0.05) is 55.6 Å². The predicted octanol–water partition coefficient (Wildman–Crippen LogP) is 18.9. The highest BCUT2D eigenvalue weighted by molar-refractivity contribution is 7.00. The molecule has 5 heteroatoms. The molecule has 408 valence electrons. The van der Waals surface area contributed by atoms with Crippen molar-refractivity contribution < 1.29 is 4.42 Å². The fourth-order valence-electron chi connectivity index (χ4n) is 16.9. The van der Waals surface area contributed by atoms with Crippen LogP contribution in [0.25, 0.3) is 44.2 Å². The van der Waals surface area contributed by atoms with Gasteiger partial charge in [-0.2, -0.15) is 0 Å². The van der Waals surface area contributed by atoms with Gasteiger partial charge in [0.05, 0.1) is 22.5 Å². The molecule has 1 aromatic heterocycles. The van der Waals surface area contributed by atoms with Gasteiger partial charge in [-0.05, 0) is 165 Å². The van der Waals surface area contributed by atoms with Crippen molar-refractivity contribution in [1.82, 2.24) is 0 Å². The van der Waals surface area contributed by atoms with Crippen LogP contribution in [0, 0.1) is 0 Å². The minimum absolute atomic E-state index is 0.0254. The Labute approximate surface area is 482 Å². The van der Waals surface area contributed by atoms with Crippen LogP contribution in [0.15, 0.2) is 156 Å². The highest BCUT2D eigenvalue weighted by Crippen LogP contribution is 2.66. The Morgan fingerprint density at radius 1 is 0.432 bits per heavy atom. The SMILES string of the molecule is CC(C)(C)c1ccc(N2c3cc(N4c5ccc(-c6ccccc6)cc5C5(C)CCCCC45C)cc4c3B(c3cc(C(C)(C)C)cc5c3N4C3(C)CCCCC53C)c3ccc4c(oc5ccc(C(C)(C)C)cc54)c32)c(-c2ccccc2)c1. The van der Waals surface area contributed by atoms with Crippen LogP contribution in [0.5, 0.6) is 0 Å². The summed E-state index contributed by atoms with van der Waals surface area (Å²) in [5.74, 6) is 0. The molecule has 9 aromatic rings. The Bertz CT molecular complexity index is 4110. The monoisotopic (exact) mass is 1060 g/mol. The summed E-state index contributed by atoms with van der Waals surface area (Å²) in [4.78, 5) is 8.54. The summed E-state index contributed by atoms with van der Waals surface area (Å²) in [7, 11) is 0. The van der Waals surface area contributed by atoms with Crippen LogP contribution >= 0.6 is 0 Å². The molecular formula is C76H80BN3O. The zero-order valence-corrected chi connectivity index (χ0v) is 50.4. The van der Waals surface area contributed by atoms with Crippen molar-refractivity contribution in [3.8, 4) is 22.3 Å². The van der Waals surface area contributed by atoms with Crippen LogP contribution in [0.2, 0.25) is 0 Å². The molecular weight excluding hydrogens is 982 g/mol. The third kappa shape index (κ3) is 6.90. The molecule has 0 bridgehead atoms. The number of rotatable bonds is 4. The number of hydrogen-bond acceptors (Lipinski definition) is 4. The Morgan fingerprint density at radius 3 is 1.70 bits per heavy atom. The van der Waals surface area contributed by atoms with E-state index in [0.717, 1.165) is 41.5 Å². The number of furan rings is 1. The van der Waals surface area contributed by atoms with Crippen LogP contribution in [0.1, 0.15) is 169 Å². The Kier molecular flexibility index (Phi) is 10.6. The molecule has 5 heterocycles. The van der Waals surface area contributed by atoms with Crippen molar-refractivity contribution in [1.29, 1.82) is 0 Å². The van der Waals surface area contributed by atoms with E-state index in [0.29, 0.717) is 0 Å². The highest BCUT2D eigenvalue weighted by atomic mass is 16.3. The molecule has 0 N–H and O–H groups in total. The molecule has 81 heavy (non-hydrogen) atoms. The fraction of sp³-hybridized carbons (Fsp3) is 0.368. The third-order valence-electron chi connectivity index (χ3n) is 22.0. The van der Waals surface area contributed by atoms with E-state index >= 15 is 0 Å². The summed E-state index contributed by atoms with van der Waals surface area (Å²) in [6.07, 6.45) is 9.48. The van der Waals surface area contributed by atoms with E-state index in [-0.39, 0.29) is 44.9 Å². The molecule has 0 amide bonds. The molecule has 2 saturated carbocycles. The van der Waals surface area contributed by atoms with Crippen molar-refractivity contribution in [2.24, 2.45) is 0 Å². The first-order valence-electron chi connectivity index (χ1n) is 30.7. The molecule has 2 fully saturated rings. The standard InChI is InChI=1S/C76H80BN3O/c1-70(2,3)50-29-34-61(55(41-50)48-26-18-15-19-27-48)78-63-45-53(79-62-33-28-49(47-24-16-14-17-25-47)40-57(62)73(10)36-20-22-38-75(73,79)12)46-64-66(63)77(59-32-31-54-56-42-51(71(4,5)6)30-35-65(56)81-69(54)68(59)78)60-44-52(72(7,8)9)43-58-67(60)80(64)76(13)39-23-21-37-74(58,76)11/h14-19,24-35,40-46H,20-23,36-39H2,1-13H3. The van der Waals surface area contributed by atoms with E-state index in [4.69, 9.17) is 4.42 Å². The normalized spacial score (nSPS) is 23.6. The summed E-state index contributed by atoms with van der Waals surface area (Å²) in [5.41, 5.74) is 26.5. The van der Waals surface area contributed by atoms with Crippen molar-refractivity contribution in [3.05, 3.63) is 179 Å². The maximum atomic E-state index is 7.54. The van der Waals surface area contributed by atoms with Crippen molar-refractivity contribution in [2.45, 2.75) is 180 Å². The van der Waals surface area contributed by atoms with Crippen molar-refractivity contribution >= 4 is 84.9 Å². The lowest BCUT2D eigenvalue weighted by molar-refractivity contribution is 0.194. The summed E-state index contributed by atoms with van der Waals surface area (Å²) in [6, 6.07) is 59.7. The van der Waals surface area contributed by atoms with E-state index in [1.54, 1.807) is 5.56 Å². The second kappa shape index (κ2) is 16.8. The molecule has 4 aliphatic heterocycles. The molecule has 8 aromatic carbocycles. The maximum Gasteiger partial charge on any atom is 0.252 e. The molecule has 0 radical (unpaired) electrons. The van der Waals surface area contributed by atoms with E-state index in [1.165, 1.54) is 133 Å². The molecule has 0 saturated heterocycles. The smallest absolute Gasteiger partial charge is 0.252 e. The third-order valence-corrected chi connectivity index (χ3v) is 22.0. The van der Waals surface area contributed by atoms with Gasteiger partial charge in [0.2, 0.25) is 0 Å². The number of hydrogen-bond donors (Lipinski definition) is 0. The minimum Gasteiger partial charge on any atom is -0.454 e. The maximum absolute atomic E-state index is 7.54. The largest absolute Gasteiger partial charge is 0.454 e. The molecule has 15 rings (SSSR count). The number of nitrogens with zero attached hydrogens (tertiary/aromatic N) is 3. The summed E-state index contributed by atoms with van der Waals surface area (Å²) < 4.78 is 7.54. The zero-order chi connectivity index (χ0) is 56.1. The first-order valence-corrected chi connectivity index (χ1v) is 30.7.